The van der Waals surface area contributed by atoms with E-state index in [-0.39, 0.29) is 18.0 Å². The number of aromatic nitrogens is 1. The molecule has 0 aliphatic heterocycles. The lowest BCUT2D eigenvalue weighted by Crippen LogP contribution is -2.31. The van der Waals surface area contributed by atoms with Crippen molar-refractivity contribution in [3.05, 3.63) is 46.4 Å². The fraction of sp³-hybridized carbons (Fsp3) is 0.333. The molecule has 5 nitrogen and oxygen atoms in total. The number of anilines is 1. The molecule has 0 spiro atoms. The van der Waals surface area contributed by atoms with Gasteiger partial charge in [-0.25, -0.2) is 9.78 Å². The highest BCUT2D eigenvalue weighted by Crippen LogP contribution is 2.17. The molecule has 2 amide bonds. The molecule has 2 unspecified atom stereocenters. The third-order valence-electron chi connectivity index (χ3n) is 3.11. The van der Waals surface area contributed by atoms with Crippen LogP contribution in [0.25, 0.3) is 0 Å². The molecule has 0 aliphatic carbocycles. The lowest BCUT2D eigenvalue weighted by Gasteiger charge is -2.12. The summed E-state index contributed by atoms with van der Waals surface area (Å²) in [5.74, 6) is 0.200. The first kappa shape index (κ1) is 15.5. The van der Waals surface area contributed by atoms with Crippen molar-refractivity contribution in [2.75, 3.05) is 11.9 Å². The number of nitrogens with zero attached hydrogens (tertiary/aromatic N) is 1. The normalized spacial score (nSPS) is 13.5. The number of carbonyl (C=O) groups is 1. The van der Waals surface area contributed by atoms with E-state index in [0.29, 0.717) is 6.54 Å². The van der Waals surface area contributed by atoms with Gasteiger partial charge in [-0.05, 0) is 24.6 Å². The Morgan fingerprint density at radius 2 is 2.24 bits per heavy atom. The first-order chi connectivity index (χ1) is 10.1. The number of nitrogens with one attached hydrogen (secondary N) is 2. The molecule has 0 saturated heterocycles. The molecule has 0 bridgehead atoms. The molecule has 6 heteroatoms. The summed E-state index contributed by atoms with van der Waals surface area (Å²) in [5, 5.41) is 8.63. The number of urea groups is 1. The van der Waals surface area contributed by atoms with Crippen molar-refractivity contribution in [2.24, 2.45) is 5.73 Å². The average molecular weight is 304 g/mol. The zero-order valence-corrected chi connectivity index (χ0v) is 13.0. The fourth-order valence-corrected chi connectivity index (χ4v) is 2.58. The van der Waals surface area contributed by atoms with Crippen molar-refractivity contribution in [2.45, 2.75) is 25.8 Å². The van der Waals surface area contributed by atoms with Crippen LogP contribution in [0, 0.1) is 0 Å². The second kappa shape index (κ2) is 7.19. The quantitative estimate of drug-likeness (QED) is 0.794. The highest BCUT2D eigenvalue weighted by Gasteiger charge is 2.10. The van der Waals surface area contributed by atoms with E-state index in [4.69, 9.17) is 5.73 Å². The number of carbonyl (C=O) groups excluding carboxylic acids is 1. The Morgan fingerprint density at radius 1 is 1.43 bits per heavy atom. The predicted octanol–water partition coefficient (Wildman–Crippen LogP) is 3.09. The number of hydrogen-bond donors (Lipinski definition) is 3. The summed E-state index contributed by atoms with van der Waals surface area (Å²) in [6.45, 7) is 4.50. The SMILES string of the molecule is CC(N)c1cccc(NC(=O)NCC(C)c2nccs2)c1. The maximum absolute atomic E-state index is 11.9. The lowest BCUT2D eigenvalue weighted by molar-refractivity contribution is 0.251. The molecular formula is C15H20N4OS. The minimum atomic E-state index is -0.222. The van der Waals surface area contributed by atoms with E-state index in [1.54, 1.807) is 17.5 Å². The van der Waals surface area contributed by atoms with Crippen LogP contribution in [0.4, 0.5) is 10.5 Å². The molecule has 21 heavy (non-hydrogen) atoms. The Kier molecular flexibility index (Phi) is 5.30. The van der Waals surface area contributed by atoms with Crippen LogP contribution in [0.5, 0.6) is 0 Å². The molecule has 1 heterocycles. The zero-order chi connectivity index (χ0) is 15.2. The zero-order valence-electron chi connectivity index (χ0n) is 12.2. The Hall–Kier alpha value is -1.92. The molecule has 0 fully saturated rings. The summed E-state index contributed by atoms with van der Waals surface area (Å²) in [4.78, 5) is 16.1. The van der Waals surface area contributed by atoms with Gasteiger partial charge < -0.3 is 16.4 Å². The van der Waals surface area contributed by atoms with Crippen molar-refractivity contribution in [1.29, 1.82) is 0 Å². The van der Waals surface area contributed by atoms with E-state index in [1.165, 1.54) is 0 Å². The van der Waals surface area contributed by atoms with Gasteiger partial charge in [0, 0.05) is 35.8 Å². The molecule has 0 saturated carbocycles. The van der Waals surface area contributed by atoms with Crippen LogP contribution in [0.3, 0.4) is 0 Å². The summed E-state index contributed by atoms with van der Waals surface area (Å²) in [6, 6.07) is 7.27. The monoisotopic (exact) mass is 304 g/mol. The fourth-order valence-electron chi connectivity index (χ4n) is 1.89. The maximum Gasteiger partial charge on any atom is 0.319 e. The predicted molar refractivity (Wildman–Crippen MR) is 86.6 cm³/mol. The third kappa shape index (κ3) is 4.54. The summed E-state index contributed by atoms with van der Waals surface area (Å²) < 4.78 is 0. The van der Waals surface area contributed by atoms with E-state index >= 15 is 0 Å². The molecule has 1 aromatic heterocycles. The molecule has 2 rings (SSSR count). The van der Waals surface area contributed by atoms with Crippen LogP contribution in [0.1, 0.15) is 36.4 Å². The maximum atomic E-state index is 11.9. The van der Waals surface area contributed by atoms with Gasteiger partial charge in [0.2, 0.25) is 0 Å². The summed E-state index contributed by atoms with van der Waals surface area (Å²) in [7, 11) is 0. The standard InChI is InChI=1S/C15H20N4OS/c1-10(14-17-6-7-21-14)9-18-15(20)19-13-5-3-4-12(8-13)11(2)16/h3-8,10-11H,9,16H2,1-2H3,(H2,18,19,20). The van der Waals surface area contributed by atoms with Crippen molar-refractivity contribution in [1.82, 2.24) is 10.3 Å². The van der Waals surface area contributed by atoms with Crippen LogP contribution in [-0.2, 0) is 0 Å². The van der Waals surface area contributed by atoms with Gasteiger partial charge in [0.15, 0.2) is 0 Å². The first-order valence-corrected chi connectivity index (χ1v) is 7.74. The molecule has 4 N–H and O–H groups in total. The van der Waals surface area contributed by atoms with Gasteiger partial charge >= 0.3 is 6.03 Å². The van der Waals surface area contributed by atoms with Crippen molar-refractivity contribution < 1.29 is 4.79 Å². The van der Waals surface area contributed by atoms with Crippen LogP contribution < -0.4 is 16.4 Å². The molecule has 112 valence electrons. The molecule has 0 aliphatic rings. The van der Waals surface area contributed by atoms with E-state index in [1.807, 2.05) is 43.5 Å². The van der Waals surface area contributed by atoms with E-state index < -0.39 is 0 Å². The van der Waals surface area contributed by atoms with Crippen molar-refractivity contribution in [3.63, 3.8) is 0 Å². The largest absolute Gasteiger partial charge is 0.337 e. The third-order valence-corrected chi connectivity index (χ3v) is 4.12. The molecule has 1 aromatic carbocycles. The van der Waals surface area contributed by atoms with E-state index in [0.717, 1.165) is 16.3 Å². The highest BCUT2D eigenvalue weighted by molar-refractivity contribution is 7.09. The molecule has 0 radical (unpaired) electrons. The highest BCUT2D eigenvalue weighted by atomic mass is 32.1. The number of amides is 2. The minimum absolute atomic E-state index is 0.0558. The van der Waals surface area contributed by atoms with Crippen LogP contribution in [0.15, 0.2) is 35.8 Å². The number of nitrogens with two attached hydrogens (primary N) is 1. The van der Waals surface area contributed by atoms with Crippen molar-refractivity contribution in [3.8, 4) is 0 Å². The Bertz CT molecular complexity index is 583. The first-order valence-electron chi connectivity index (χ1n) is 6.86. The van der Waals surface area contributed by atoms with Gasteiger partial charge in [0.25, 0.3) is 0 Å². The van der Waals surface area contributed by atoms with Crippen molar-refractivity contribution >= 4 is 23.1 Å². The molecule has 2 aromatic rings. The van der Waals surface area contributed by atoms with Crippen LogP contribution >= 0.6 is 11.3 Å². The molecule has 2 atom stereocenters. The Balaban J connectivity index is 1.86. The minimum Gasteiger partial charge on any atom is -0.337 e. The molecular weight excluding hydrogens is 284 g/mol. The number of hydrogen-bond acceptors (Lipinski definition) is 4. The van der Waals surface area contributed by atoms with Gasteiger partial charge in [-0.2, -0.15) is 0 Å². The van der Waals surface area contributed by atoms with Gasteiger partial charge in [-0.15, -0.1) is 11.3 Å². The topological polar surface area (TPSA) is 80.0 Å². The second-order valence-corrected chi connectivity index (χ2v) is 5.95. The summed E-state index contributed by atoms with van der Waals surface area (Å²) in [5.41, 5.74) is 7.56. The van der Waals surface area contributed by atoms with Crippen LogP contribution in [0.2, 0.25) is 0 Å². The smallest absolute Gasteiger partial charge is 0.319 e. The van der Waals surface area contributed by atoms with Gasteiger partial charge in [-0.3, -0.25) is 0 Å². The average Bonchev–Trinajstić information content (AvgIpc) is 2.99. The van der Waals surface area contributed by atoms with Gasteiger partial charge in [0.1, 0.15) is 0 Å². The van der Waals surface area contributed by atoms with E-state index in [2.05, 4.69) is 15.6 Å². The lowest BCUT2D eigenvalue weighted by atomic mass is 10.1. The second-order valence-electron chi connectivity index (χ2n) is 5.02. The summed E-state index contributed by atoms with van der Waals surface area (Å²) in [6.07, 6.45) is 1.77. The van der Waals surface area contributed by atoms with Gasteiger partial charge in [-0.1, -0.05) is 19.1 Å². The number of benzene rings is 1. The number of thiazole rings is 1. The van der Waals surface area contributed by atoms with E-state index in [9.17, 15) is 4.79 Å². The Labute approximate surface area is 128 Å². The number of rotatable bonds is 5. The van der Waals surface area contributed by atoms with Gasteiger partial charge in [0.05, 0.1) is 5.01 Å². The van der Waals surface area contributed by atoms with Crippen LogP contribution in [-0.4, -0.2) is 17.6 Å². The Morgan fingerprint density at radius 3 is 2.90 bits per heavy atom. The summed E-state index contributed by atoms with van der Waals surface area (Å²) >= 11 is 1.60.